The van der Waals surface area contributed by atoms with E-state index in [1.54, 1.807) is 24.3 Å². The first-order chi connectivity index (χ1) is 4.69. The molecular weight excluding hydrogens is 148 g/mol. The summed E-state index contributed by atoms with van der Waals surface area (Å²) < 4.78 is -0.783. The molecule has 56 valence electrons. The topological polar surface area (TPSA) is 40.5 Å². The predicted octanol–water partition coefficient (Wildman–Crippen LogP) is 0.134. The molecule has 0 saturated heterocycles. The summed E-state index contributed by atoms with van der Waals surface area (Å²) in [6.07, 6.45) is 6.08. The Bertz CT molecular complexity index is 176. The van der Waals surface area contributed by atoms with Gasteiger partial charge in [-0.25, -0.2) is 0 Å². The van der Waals surface area contributed by atoms with Crippen LogP contribution in [0.4, 0.5) is 0 Å². The van der Waals surface area contributed by atoms with E-state index >= 15 is 0 Å². The molecule has 0 aliphatic heterocycles. The monoisotopic (exact) mass is 158 g/mol. The Morgan fingerprint density at radius 3 is 2.60 bits per heavy atom. The number of rotatable bonds is 1. The highest BCUT2D eigenvalue weighted by atomic mass is 32.1. The van der Waals surface area contributed by atoms with Gasteiger partial charge in [0.2, 0.25) is 0 Å². The third kappa shape index (κ3) is 1.26. The molecule has 2 nitrogen and oxygen atoms in total. The van der Waals surface area contributed by atoms with Crippen LogP contribution in [0, 0.1) is 0 Å². The molecule has 2 atom stereocenters. The number of allylic oxidation sites excluding steroid dienone is 2. The number of aliphatic hydroxyl groups is 2. The van der Waals surface area contributed by atoms with Crippen molar-refractivity contribution in [2.45, 2.75) is 10.9 Å². The number of hydrogen-bond donors (Lipinski definition) is 3. The second kappa shape index (κ2) is 2.78. The maximum Gasteiger partial charge on any atom is 0.0925 e. The van der Waals surface area contributed by atoms with E-state index in [1.165, 1.54) is 0 Å². The summed E-state index contributed by atoms with van der Waals surface area (Å²) >= 11 is 4.11. The van der Waals surface area contributed by atoms with E-state index in [0.29, 0.717) is 0 Å². The molecule has 1 aliphatic rings. The van der Waals surface area contributed by atoms with Crippen LogP contribution < -0.4 is 0 Å². The van der Waals surface area contributed by atoms with Crippen LogP contribution in [-0.4, -0.2) is 27.7 Å². The first-order valence-electron chi connectivity index (χ1n) is 3.06. The molecule has 0 aromatic heterocycles. The summed E-state index contributed by atoms with van der Waals surface area (Å²) in [7, 11) is 0. The van der Waals surface area contributed by atoms with Crippen LogP contribution in [0.3, 0.4) is 0 Å². The first kappa shape index (κ1) is 7.85. The number of hydrogen-bond acceptors (Lipinski definition) is 3. The minimum atomic E-state index is -0.783. The normalized spacial score (nSPS) is 38.5. The fourth-order valence-electron chi connectivity index (χ4n) is 0.803. The molecule has 1 rings (SSSR count). The number of aliphatic hydroxyl groups excluding tert-OH is 2. The van der Waals surface area contributed by atoms with Crippen LogP contribution in [0.25, 0.3) is 0 Å². The molecule has 0 aromatic carbocycles. The zero-order valence-corrected chi connectivity index (χ0v) is 6.33. The Labute approximate surface area is 65.3 Å². The SMILES string of the molecule is OCC1(S)C=CC=CC1O. The zero-order chi connectivity index (χ0) is 7.61. The quantitative estimate of drug-likeness (QED) is 0.475. The molecule has 0 spiro atoms. The van der Waals surface area contributed by atoms with Gasteiger partial charge in [-0.1, -0.05) is 24.3 Å². The van der Waals surface area contributed by atoms with Gasteiger partial charge in [0.05, 0.1) is 17.5 Å². The lowest BCUT2D eigenvalue weighted by Gasteiger charge is -2.27. The zero-order valence-electron chi connectivity index (χ0n) is 5.44. The predicted molar refractivity (Wildman–Crippen MR) is 43.1 cm³/mol. The Morgan fingerprint density at radius 1 is 1.50 bits per heavy atom. The Kier molecular flexibility index (Phi) is 2.18. The number of thiol groups is 1. The van der Waals surface area contributed by atoms with Crippen LogP contribution >= 0.6 is 12.6 Å². The van der Waals surface area contributed by atoms with Gasteiger partial charge in [-0.3, -0.25) is 0 Å². The fraction of sp³-hybridized carbons (Fsp3) is 0.429. The minimum Gasteiger partial charge on any atom is -0.394 e. The fourth-order valence-corrected chi connectivity index (χ4v) is 0.975. The molecule has 0 radical (unpaired) electrons. The largest absolute Gasteiger partial charge is 0.394 e. The van der Waals surface area contributed by atoms with Gasteiger partial charge in [-0.2, -0.15) is 12.6 Å². The van der Waals surface area contributed by atoms with Gasteiger partial charge in [0.25, 0.3) is 0 Å². The van der Waals surface area contributed by atoms with Gasteiger partial charge >= 0.3 is 0 Å². The molecule has 0 amide bonds. The third-order valence-electron chi connectivity index (χ3n) is 1.55. The smallest absolute Gasteiger partial charge is 0.0925 e. The lowest BCUT2D eigenvalue weighted by atomic mass is 9.98. The van der Waals surface area contributed by atoms with E-state index in [4.69, 9.17) is 5.11 Å². The van der Waals surface area contributed by atoms with Gasteiger partial charge in [-0.05, 0) is 0 Å². The van der Waals surface area contributed by atoms with Crippen molar-refractivity contribution >= 4 is 12.6 Å². The van der Waals surface area contributed by atoms with Crippen molar-refractivity contribution in [2.24, 2.45) is 0 Å². The molecule has 0 bridgehead atoms. The van der Waals surface area contributed by atoms with Gasteiger partial charge in [-0.15, -0.1) is 0 Å². The van der Waals surface area contributed by atoms with E-state index < -0.39 is 10.9 Å². The average molecular weight is 158 g/mol. The summed E-state index contributed by atoms with van der Waals surface area (Å²) in [4.78, 5) is 0. The van der Waals surface area contributed by atoms with Crippen molar-refractivity contribution in [3.05, 3.63) is 24.3 Å². The lowest BCUT2D eigenvalue weighted by Crippen LogP contribution is -2.38. The molecule has 2 unspecified atom stereocenters. The molecule has 3 heteroatoms. The molecule has 0 aromatic rings. The van der Waals surface area contributed by atoms with Crippen LogP contribution in [0.2, 0.25) is 0 Å². The van der Waals surface area contributed by atoms with Crippen molar-refractivity contribution in [2.75, 3.05) is 6.61 Å². The third-order valence-corrected chi connectivity index (χ3v) is 2.11. The molecule has 0 heterocycles. The van der Waals surface area contributed by atoms with Crippen molar-refractivity contribution in [3.63, 3.8) is 0 Å². The van der Waals surface area contributed by atoms with Gasteiger partial charge in [0.15, 0.2) is 0 Å². The Balaban J connectivity index is 2.77. The highest BCUT2D eigenvalue weighted by Crippen LogP contribution is 2.24. The van der Waals surface area contributed by atoms with Crippen LogP contribution in [-0.2, 0) is 0 Å². The van der Waals surface area contributed by atoms with Gasteiger partial charge in [0.1, 0.15) is 0 Å². The van der Waals surface area contributed by atoms with Crippen molar-refractivity contribution in [3.8, 4) is 0 Å². The summed E-state index contributed by atoms with van der Waals surface area (Å²) in [5.41, 5.74) is 0. The van der Waals surface area contributed by atoms with Crippen LogP contribution in [0.15, 0.2) is 24.3 Å². The second-order valence-electron chi connectivity index (χ2n) is 2.34. The van der Waals surface area contributed by atoms with E-state index in [-0.39, 0.29) is 6.61 Å². The summed E-state index contributed by atoms with van der Waals surface area (Å²) in [5, 5.41) is 18.1. The Morgan fingerprint density at radius 2 is 2.20 bits per heavy atom. The molecule has 1 aliphatic carbocycles. The van der Waals surface area contributed by atoms with E-state index in [2.05, 4.69) is 12.6 Å². The summed E-state index contributed by atoms with van der Waals surface area (Å²) in [5.74, 6) is 0. The lowest BCUT2D eigenvalue weighted by molar-refractivity contribution is 0.146. The highest BCUT2D eigenvalue weighted by molar-refractivity contribution is 7.82. The van der Waals surface area contributed by atoms with E-state index in [1.807, 2.05) is 0 Å². The van der Waals surface area contributed by atoms with Crippen LogP contribution in [0.1, 0.15) is 0 Å². The van der Waals surface area contributed by atoms with Gasteiger partial charge < -0.3 is 10.2 Å². The standard InChI is InChI=1S/C7H10O2S/c8-5-7(10)4-2-1-3-6(7)9/h1-4,6,8-10H,5H2. The minimum absolute atomic E-state index is 0.155. The van der Waals surface area contributed by atoms with Crippen molar-refractivity contribution in [1.82, 2.24) is 0 Å². The van der Waals surface area contributed by atoms with Crippen molar-refractivity contribution < 1.29 is 10.2 Å². The summed E-state index contributed by atoms with van der Waals surface area (Å²) in [6, 6.07) is 0. The molecule has 0 saturated carbocycles. The molecule has 2 N–H and O–H groups in total. The second-order valence-corrected chi connectivity index (χ2v) is 3.17. The van der Waals surface area contributed by atoms with E-state index in [0.717, 1.165) is 0 Å². The average Bonchev–Trinajstić information content (AvgIpc) is 1.96. The molecular formula is C7H10O2S. The molecule has 10 heavy (non-hydrogen) atoms. The molecule has 0 fully saturated rings. The Hall–Kier alpha value is -0.250. The maximum atomic E-state index is 9.25. The van der Waals surface area contributed by atoms with Gasteiger partial charge in [0, 0.05) is 0 Å². The summed E-state index contributed by atoms with van der Waals surface area (Å²) in [6.45, 7) is -0.155. The van der Waals surface area contributed by atoms with Crippen molar-refractivity contribution in [1.29, 1.82) is 0 Å². The van der Waals surface area contributed by atoms with Crippen LogP contribution in [0.5, 0.6) is 0 Å². The van der Waals surface area contributed by atoms with E-state index in [9.17, 15) is 5.11 Å². The maximum absolute atomic E-state index is 9.25. The highest BCUT2D eigenvalue weighted by Gasteiger charge is 2.30. The first-order valence-corrected chi connectivity index (χ1v) is 3.51.